The first-order chi connectivity index (χ1) is 30.7. The molecule has 4 N–H and O–H groups in total. The van der Waals surface area contributed by atoms with Crippen LogP contribution < -0.4 is 16.0 Å². The number of esters is 1. The van der Waals surface area contributed by atoms with Crippen LogP contribution in [0.2, 0.25) is 0 Å². The van der Waals surface area contributed by atoms with E-state index in [-0.39, 0.29) is 115 Å². The summed E-state index contributed by atoms with van der Waals surface area (Å²) in [5.74, 6) is -4.36. The molecular formula is C45H78N4O15. The van der Waals surface area contributed by atoms with E-state index in [1.165, 1.54) is 64.2 Å². The van der Waals surface area contributed by atoms with E-state index < -0.39 is 42.0 Å². The van der Waals surface area contributed by atoms with Gasteiger partial charge in [-0.3, -0.25) is 28.8 Å². The van der Waals surface area contributed by atoms with E-state index in [9.17, 15) is 43.5 Å². The lowest BCUT2D eigenvalue weighted by Gasteiger charge is -2.19. The summed E-state index contributed by atoms with van der Waals surface area (Å²) in [6, 6.07) is -1.15. The van der Waals surface area contributed by atoms with Crippen molar-refractivity contribution in [1.82, 2.24) is 21.0 Å². The molecule has 5 amide bonds. The average Bonchev–Trinajstić information content (AvgIpc) is 3.54. The van der Waals surface area contributed by atoms with Gasteiger partial charge in [0.1, 0.15) is 24.9 Å². The number of carboxylic acid groups (broad SMARTS) is 1. The summed E-state index contributed by atoms with van der Waals surface area (Å²) in [4.78, 5) is 99.0. The van der Waals surface area contributed by atoms with Gasteiger partial charge in [-0.25, -0.2) is 9.59 Å². The van der Waals surface area contributed by atoms with Gasteiger partial charge in [-0.2, -0.15) is 0 Å². The second-order valence-corrected chi connectivity index (χ2v) is 16.8. The highest BCUT2D eigenvalue weighted by Gasteiger charge is 2.32. The fourth-order valence-corrected chi connectivity index (χ4v) is 6.43. The molecule has 0 unspecified atom stereocenters. The molecule has 1 heterocycles. The van der Waals surface area contributed by atoms with Crippen LogP contribution in [0, 0.1) is 0 Å². The van der Waals surface area contributed by atoms with E-state index in [1.54, 1.807) is 0 Å². The Hall–Kier alpha value is -4.20. The maximum Gasteiger partial charge on any atom is 0.358 e. The molecular weight excluding hydrogens is 837 g/mol. The topological polar surface area (TPSA) is 251 Å². The van der Waals surface area contributed by atoms with Gasteiger partial charge in [0.15, 0.2) is 0 Å². The first-order valence-electron chi connectivity index (χ1n) is 23.3. The second kappa shape index (κ2) is 37.1. The van der Waals surface area contributed by atoms with Crippen LogP contribution in [0.25, 0.3) is 0 Å². The molecule has 0 aliphatic carbocycles. The summed E-state index contributed by atoms with van der Waals surface area (Å²) >= 11 is 0. The van der Waals surface area contributed by atoms with Gasteiger partial charge in [0.25, 0.3) is 11.8 Å². The molecule has 368 valence electrons. The smallest absolute Gasteiger partial charge is 0.358 e. The van der Waals surface area contributed by atoms with E-state index >= 15 is 0 Å². The van der Waals surface area contributed by atoms with Crippen LogP contribution in [0.5, 0.6) is 0 Å². The van der Waals surface area contributed by atoms with Crippen molar-refractivity contribution in [2.75, 3.05) is 65.9 Å². The summed E-state index contributed by atoms with van der Waals surface area (Å²) in [7, 11) is 0. The largest absolute Gasteiger partial charge is 0.480 e. The highest BCUT2D eigenvalue weighted by Crippen LogP contribution is 2.16. The number of aliphatic carboxylic acids is 1. The van der Waals surface area contributed by atoms with Crippen LogP contribution in [0.4, 0.5) is 0 Å². The quantitative estimate of drug-likeness (QED) is 0.0372. The number of carbonyl (C=O) groups excluding carboxylic acids is 7. The number of hydroxylamine groups is 2. The Balaban J connectivity index is 1.89. The summed E-state index contributed by atoms with van der Waals surface area (Å²) in [6.45, 7) is 6.33. The van der Waals surface area contributed by atoms with Crippen molar-refractivity contribution >= 4 is 47.4 Å². The van der Waals surface area contributed by atoms with Crippen molar-refractivity contribution in [3.8, 4) is 0 Å². The number of hydrogen-bond donors (Lipinski definition) is 4. The van der Waals surface area contributed by atoms with E-state index in [0.717, 1.165) is 32.1 Å². The Morgan fingerprint density at radius 2 is 0.984 bits per heavy atom. The normalized spacial score (nSPS) is 13.1. The third-order valence-electron chi connectivity index (χ3n) is 9.78. The summed E-state index contributed by atoms with van der Waals surface area (Å²) in [5.41, 5.74) is -0.405. The lowest BCUT2D eigenvalue weighted by atomic mass is 10.0. The molecule has 19 nitrogen and oxygen atoms in total. The molecule has 1 aliphatic rings. The predicted octanol–water partition coefficient (Wildman–Crippen LogP) is 4.61. The third-order valence-corrected chi connectivity index (χ3v) is 9.78. The van der Waals surface area contributed by atoms with Crippen molar-refractivity contribution in [1.29, 1.82) is 0 Å². The number of amides is 5. The Labute approximate surface area is 379 Å². The van der Waals surface area contributed by atoms with Crippen LogP contribution in [-0.2, 0) is 66.9 Å². The van der Waals surface area contributed by atoms with Gasteiger partial charge in [-0.05, 0) is 40.0 Å². The van der Waals surface area contributed by atoms with Crippen LogP contribution >= 0.6 is 0 Å². The zero-order valence-electron chi connectivity index (χ0n) is 38.8. The minimum atomic E-state index is -1.19. The Morgan fingerprint density at radius 1 is 0.547 bits per heavy atom. The van der Waals surface area contributed by atoms with E-state index in [2.05, 4.69) is 20.8 Å². The second-order valence-electron chi connectivity index (χ2n) is 16.8. The minimum Gasteiger partial charge on any atom is -0.480 e. The predicted molar refractivity (Wildman–Crippen MR) is 234 cm³/mol. The first kappa shape index (κ1) is 57.8. The minimum absolute atomic E-state index is 0.00296. The van der Waals surface area contributed by atoms with E-state index in [0.29, 0.717) is 17.9 Å². The molecule has 1 rings (SSSR count). The Kier molecular flexibility index (Phi) is 33.5. The standard InChI is InChI=1S/C45H78N4O15/c1-45(2,3)63-42(55)21-19-17-15-13-11-9-7-5-4-6-8-10-12-14-16-18-20-38(51)48-36(44(57)58)22-23-37(50)46-26-28-59-30-32-61-34-39(52)47-27-29-60-31-33-62-35-43(56)64-49-40(53)24-25-41(49)54/h36H,4-35H2,1-3H3,(H,46,50)(H,47,52)(H,48,51)(H,57,58)/t36-/m0/s1. The number of unbranched alkanes of at least 4 members (excludes halogenated alkanes) is 15. The van der Waals surface area contributed by atoms with Crippen LogP contribution in [0.1, 0.15) is 162 Å². The number of nitrogens with one attached hydrogen (secondary N) is 3. The molecule has 0 aromatic heterocycles. The third kappa shape index (κ3) is 34.2. The van der Waals surface area contributed by atoms with E-state index in [1.807, 2.05) is 20.8 Å². The fourth-order valence-electron chi connectivity index (χ4n) is 6.43. The van der Waals surface area contributed by atoms with Gasteiger partial charge >= 0.3 is 17.9 Å². The van der Waals surface area contributed by atoms with Crippen LogP contribution in [0.15, 0.2) is 0 Å². The van der Waals surface area contributed by atoms with E-state index in [4.69, 9.17) is 23.7 Å². The number of carboxylic acids is 1. The number of ether oxygens (including phenoxy) is 5. The van der Waals surface area contributed by atoms with Gasteiger partial charge in [-0.15, -0.1) is 5.06 Å². The van der Waals surface area contributed by atoms with Crippen molar-refractivity contribution in [2.45, 2.75) is 174 Å². The Morgan fingerprint density at radius 3 is 1.47 bits per heavy atom. The van der Waals surface area contributed by atoms with Gasteiger partial charge in [0.2, 0.25) is 17.7 Å². The molecule has 0 radical (unpaired) electrons. The SMILES string of the molecule is CC(C)(C)OC(=O)CCCCCCCCCCCCCCCCCCC(=O)N[C@@H](CCC(=O)NCCOCCOCC(=O)NCCOCCOCC(=O)ON1C(=O)CCC1=O)C(=O)O. The number of hydrogen-bond acceptors (Lipinski definition) is 14. The lowest BCUT2D eigenvalue weighted by molar-refractivity contribution is -0.200. The molecule has 19 heteroatoms. The van der Waals surface area contributed by atoms with Crippen LogP contribution in [-0.4, -0.2) is 135 Å². The molecule has 1 fully saturated rings. The lowest BCUT2D eigenvalue weighted by Crippen LogP contribution is -2.41. The molecule has 1 saturated heterocycles. The maximum atomic E-state index is 12.4. The zero-order valence-corrected chi connectivity index (χ0v) is 38.8. The van der Waals surface area contributed by atoms with Crippen molar-refractivity contribution in [3.05, 3.63) is 0 Å². The maximum absolute atomic E-state index is 12.4. The highest BCUT2D eigenvalue weighted by molar-refractivity contribution is 6.01. The molecule has 0 aromatic rings. The average molecular weight is 915 g/mol. The number of imide groups is 1. The molecule has 0 saturated carbocycles. The van der Waals surface area contributed by atoms with Gasteiger partial charge in [0, 0.05) is 45.2 Å². The molecule has 0 aromatic carbocycles. The highest BCUT2D eigenvalue weighted by atomic mass is 16.7. The number of nitrogens with zero attached hydrogens (tertiary/aromatic N) is 1. The number of carbonyl (C=O) groups is 8. The first-order valence-corrected chi connectivity index (χ1v) is 23.3. The molecule has 1 aliphatic heterocycles. The van der Waals surface area contributed by atoms with Crippen molar-refractivity contribution < 1.29 is 72.0 Å². The Bertz CT molecular complexity index is 1360. The zero-order chi connectivity index (χ0) is 47.3. The van der Waals surface area contributed by atoms with Gasteiger partial charge < -0.3 is 49.6 Å². The monoisotopic (exact) mass is 915 g/mol. The molecule has 0 bridgehead atoms. The fraction of sp³-hybridized carbons (Fsp3) is 0.822. The van der Waals surface area contributed by atoms with Crippen molar-refractivity contribution in [3.63, 3.8) is 0 Å². The molecule has 1 atom stereocenters. The summed E-state index contributed by atoms with van der Waals surface area (Å²) in [6.07, 6.45) is 18.9. The summed E-state index contributed by atoms with van der Waals surface area (Å²) in [5, 5.41) is 17.8. The van der Waals surface area contributed by atoms with Gasteiger partial charge in [-0.1, -0.05) is 89.9 Å². The molecule has 0 spiro atoms. The summed E-state index contributed by atoms with van der Waals surface area (Å²) < 4.78 is 26.3. The van der Waals surface area contributed by atoms with Crippen LogP contribution in [0.3, 0.4) is 0 Å². The van der Waals surface area contributed by atoms with Gasteiger partial charge in [0.05, 0.1) is 39.6 Å². The molecule has 64 heavy (non-hydrogen) atoms. The van der Waals surface area contributed by atoms with Crippen molar-refractivity contribution in [2.24, 2.45) is 0 Å². The number of rotatable bonds is 41.